The van der Waals surface area contributed by atoms with E-state index in [1.54, 1.807) is 0 Å². The van der Waals surface area contributed by atoms with Crippen LogP contribution >= 0.6 is 0 Å². The molecule has 2 rings (SSSR count). The Hall–Kier alpha value is -1.30. The smallest absolute Gasteiger partial charge is 0.217 e. The molecule has 0 aliphatic carbocycles. The van der Waals surface area contributed by atoms with Crippen molar-refractivity contribution in [2.75, 3.05) is 46.3 Å². The van der Waals surface area contributed by atoms with Gasteiger partial charge in [0.1, 0.15) is 0 Å². The lowest BCUT2D eigenvalue weighted by molar-refractivity contribution is -0.119. The fourth-order valence-corrected chi connectivity index (χ4v) is 4.28. The van der Waals surface area contributed by atoms with Gasteiger partial charge in [0.25, 0.3) is 0 Å². The number of hydrogen-bond donors (Lipinski definition) is 2. The van der Waals surface area contributed by atoms with Crippen LogP contribution in [-0.2, 0) is 4.79 Å². The number of nitrogens with two attached hydrogens (primary N) is 1. The maximum Gasteiger partial charge on any atom is 0.217 e. The minimum atomic E-state index is -0.192. The molecule has 2 aliphatic heterocycles. The Morgan fingerprint density at radius 1 is 1.20 bits per heavy atom. The molecule has 1 amide bonds. The van der Waals surface area contributed by atoms with Gasteiger partial charge in [-0.3, -0.25) is 9.79 Å². The summed E-state index contributed by atoms with van der Waals surface area (Å²) in [6.07, 6.45) is 5.26. The topological polar surface area (TPSA) is 74.0 Å². The van der Waals surface area contributed by atoms with Crippen LogP contribution in [0.15, 0.2) is 4.99 Å². The lowest BCUT2D eigenvalue weighted by atomic mass is 9.94. The molecule has 0 radical (unpaired) electrons. The third kappa shape index (κ3) is 6.84. The first-order chi connectivity index (χ1) is 12.0. The maximum absolute atomic E-state index is 11.2. The van der Waals surface area contributed by atoms with Crippen LogP contribution in [-0.4, -0.2) is 68.0 Å². The number of primary amides is 1. The fraction of sp³-hybridized carbons (Fsp3) is 0.895. The molecule has 3 N–H and O–H groups in total. The van der Waals surface area contributed by atoms with Crippen LogP contribution in [0.3, 0.4) is 0 Å². The predicted molar refractivity (Wildman–Crippen MR) is 103 cm³/mol. The van der Waals surface area contributed by atoms with Crippen molar-refractivity contribution in [3.63, 3.8) is 0 Å². The summed E-state index contributed by atoms with van der Waals surface area (Å²) in [7, 11) is 1.85. The Morgan fingerprint density at radius 3 is 2.60 bits per heavy atom. The SMILES string of the molecule is CN=C(NCC1CCCN(CC(C)C)C1)N1CCCC(CC(N)=O)C1. The van der Waals surface area contributed by atoms with Crippen LogP contribution in [0.2, 0.25) is 0 Å². The van der Waals surface area contributed by atoms with Gasteiger partial charge in [0.15, 0.2) is 5.96 Å². The van der Waals surface area contributed by atoms with Crippen molar-refractivity contribution >= 4 is 11.9 Å². The summed E-state index contributed by atoms with van der Waals surface area (Å²) in [5.74, 6) is 2.57. The number of likely N-dealkylation sites (tertiary alicyclic amines) is 2. The van der Waals surface area contributed by atoms with E-state index in [9.17, 15) is 4.79 Å². The number of guanidine groups is 1. The second kappa shape index (κ2) is 10.00. The third-order valence-corrected chi connectivity index (χ3v) is 5.30. The van der Waals surface area contributed by atoms with Crippen molar-refractivity contribution in [3.05, 3.63) is 0 Å². The Bertz CT molecular complexity index is 451. The summed E-state index contributed by atoms with van der Waals surface area (Å²) >= 11 is 0. The highest BCUT2D eigenvalue weighted by atomic mass is 16.1. The van der Waals surface area contributed by atoms with Gasteiger partial charge in [-0.25, -0.2) is 0 Å². The number of amides is 1. The van der Waals surface area contributed by atoms with Gasteiger partial charge in [0.2, 0.25) is 5.91 Å². The van der Waals surface area contributed by atoms with Gasteiger partial charge in [-0.1, -0.05) is 13.8 Å². The van der Waals surface area contributed by atoms with Crippen LogP contribution in [0, 0.1) is 17.8 Å². The molecule has 144 valence electrons. The first-order valence-corrected chi connectivity index (χ1v) is 9.94. The fourth-order valence-electron chi connectivity index (χ4n) is 4.28. The van der Waals surface area contributed by atoms with E-state index in [2.05, 4.69) is 34.0 Å². The normalized spacial score (nSPS) is 26.1. The van der Waals surface area contributed by atoms with E-state index in [-0.39, 0.29) is 5.91 Å². The average Bonchev–Trinajstić information content (AvgIpc) is 2.55. The zero-order valence-electron chi connectivity index (χ0n) is 16.3. The van der Waals surface area contributed by atoms with Crippen LogP contribution in [0.25, 0.3) is 0 Å². The molecule has 2 aliphatic rings. The summed E-state index contributed by atoms with van der Waals surface area (Å²) < 4.78 is 0. The van der Waals surface area contributed by atoms with E-state index < -0.39 is 0 Å². The second-order valence-corrected chi connectivity index (χ2v) is 8.21. The van der Waals surface area contributed by atoms with Gasteiger partial charge in [0.05, 0.1) is 0 Å². The molecule has 6 heteroatoms. The number of nitrogens with one attached hydrogen (secondary N) is 1. The molecule has 6 nitrogen and oxygen atoms in total. The minimum absolute atomic E-state index is 0.192. The lowest BCUT2D eigenvalue weighted by Crippen LogP contribution is -2.49. The number of piperidine rings is 2. The Morgan fingerprint density at radius 2 is 1.92 bits per heavy atom. The molecule has 0 aromatic carbocycles. The maximum atomic E-state index is 11.2. The van der Waals surface area contributed by atoms with Crippen molar-refractivity contribution in [1.82, 2.24) is 15.1 Å². The van der Waals surface area contributed by atoms with Gasteiger partial charge >= 0.3 is 0 Å². The molecular weight excluding hydrogens is 314 g/mol. The zero-order valence-corrected chi connectivity index (χ0v) is 16.3. The molecule has 2 heterocycles. The molecule has 0 bridgehead atoms. The number of aliphatic imine (C=N–C) groups is 1. The average molecular weight is 352 g/mol. The third-order valence-electron chi connectivity index (χ3n) is 5.30. The summed E-state index contributed by atoms with van der Waals surface area (Å²) in [5, 5.41) is 3.59. The van der Waals surface area contributed by atoms with Crippen molar-refractivity contribution in [1.29, 1.82) is 0 Å². The zero-order chi connectivity index (χ0) is 18.2. The van der Waals surface area contributed by atoms with Crippen LogP contribution < -0.4 is 11.1 Å². The van der Waals surface area contributed by atoms with Gasteiger partial charge < -0.3 is 20.9 Å². The molecule has 0 saturated carbocycles. The van der Waals surface area contributed by atoms with E-state index in [0.717, 1.165) is 44.4 Å². The van der Waals surface area contributed by atoms with Gasteiger partial charge in [-0.15, -0.1) is 0 Å². The van der Waals surface area contributed by atoms with E-state index in [1.165, 1.54) is 32.5 Å². The summed E-state index contributed by atoms with van der Waals surface area (Å²) in [6, 6.07) is 0. The van der Waals surface area contributed by atoms with Crippen molar-refractivity contribution in [2.45, 2.75) is 46.0 Å². The number of carbonyl (C=O) groups excluding carboxylic acids is 1. The van der Waals surface area contributed by atoms with E-state index in [4.69, 9.17) is 5.73 Å². The monoisotopic (exact) mass is 351 g/mol. The standard InChI is InChI=1S/C19H37N5O/c1-15(2)12-23-8-4-7-17(13-23)11-22-19(21-3)24-9-5-6-16(14-24)10-18(20)25/h15-17H,4-14H2,1-3H3,(H2,20,25)(H,21,22). The molecule has 2 unspecified atom stereocenters. The Labute approximate surface area is 153 Å². The quantitative estimate of drug-likeness (QED) is 0.562. The number of rotatable bonds is 6. The highest BCUT2D eigenvalue weighted by molar-refractivity contribution is 5.80. The molecule has 25 heavy (non-hydrogen) atoms. The van der Waals surface area contributed by atoms with E-state index in [1.807, 2.05) is 7.05 Å². The van der Waals surface area contributed by atoms with Crippen molar-refractivity contribution in [3.8, 4) is 0 Å². The van der Waals surface area contributed by atoms with Gasteiger partial charge in [-0.2, -0.15) is 0 Å². The first-order valence-electron chi connectivity index (χ1n) is 9.94. The molecule has 2 saturated heterocycles. The largest absolute Gasteiger partial charge is 0.370 e. The molecular formula is C19H37N5O. The lowest BCUT2D eigenvalue weighted by Gasteiger charge is -2.37. The highest BCUT2D eigenvalue weighted by Gasteiger charge is 2.25. The van der Waals surface area contributed by atoms with E-state index >= 15 is 0 Å². The summed E-state index contributed by atoms with van der Waals surface area (Å²) in [4.78, 5) is 20.6. The molecule has 2 atom stereocenters. The van der Waals surface area contributed by atoms with Crippen molar-refractivity contribution in [2.24, 2.45) is 28.5 Å². The van der Waals surface area contributed by atoms with Crippen LogP contribution in [0.5, 0.6) is 0 Å². The summed E-state index contributed by atoms with van der Waals surface area (Å²) in [6.45, 7) is 11.1. The molecule has 0 aromatic heterocycles. The van der Waals surface area contributed by atoms with Crippen LogP contribution in [0.1, 0.15) is 46.0 Å². The highest BCUT2D eigenvalue weighted by Crippen LogP contribution is 2.20. The molecule has 0 aromatic rings. The minimum Gasteiger partial charge on any atom is -0.370 e. The Balaban J connectivity index is 1.80. The van der Waals surface area contributed by atoms with Crippen LogP contribution in [0.4, 0.5) is 0 Å². The van der Waals surface area contributed by atoms with Gasteiger partial charge in [0, 0.05) is 46.2 Å². The summed E-state index contributed by atoms with van der Waals surface area (Å²) in [5.41, 5.74) is 5.37. The van der Waals surface area contributed by atoms with Gasteiger partial charge in [-0.05, 0) is 50.0 Å². The Kier molecular flexibility index (Phi) is 8.00. The van der Waals surface area contributed by atoms with Crippen molar-refractivity contribution < 1.29 is 4.79 Å². The number of carbonyl (C=O) groups is 1. The van der Waals surface area contributed by atoms with E-state index in [0.29, 0.717) is 18.3 Å². The predicted octanol–water partition coefficient (Wildman–Crippen LogP) is 1.52. The molecule has 2 fully saturated rings. The number of hydrogen-bond acceptors (Lipinski definition) is 3. The number of nitrogens with zero attached hydrogens (tertiary/aromatic N) is 3. The first kappa shape index (κ1) is 20.0. The molecule has 0 spiro atoms. The second-order valence-electron chi connectivity index (χ2n) is 8.21.